The zero-order chi connectivity index (χ0) is 84.3. The fourth-order valence-corrected chi connectivity index (χ4v) is 9.24. The van der Waals surface area contributed by atoms with E-state index in [4.69, 9.17) is 74.5 Å². The fourth-order valence-electron chi connectivity index (χ4n) is 9.24. The molecule has 0 aliphatic carbocycles. The number of nitrogens with one attached hydrogen (secondary N) is 4. The second-order valence-corrected chi connectivity index (χ2v) is 25.8. The Bertz CT molecular complexity index is 4800. The van der Waals surface area contributed by atoms with E-state index in [9.17, 15) is 9.59 Å². The topological polar surface area (TPSA) is 641 Å². The Hall–Kier alpha value is -11.9. The summed E-state index contributed by atoms with van der Waals surface area (Å²) in [6.45, 7) is 6.11. The van der Waals surface area contributed by atoms with Crippen LogP contribution in [-0.2, 0) is 43.7 Å². The number of ketones is 2. The molecule has 0 amide bonds. The van der Waals surface area contributed by atoms with Crippen LogP contribution in [0.1, 0.15) is 27.7 Å². The average Bonchev–Trinajstić information content (AvgIpc) is 1.68. The van der Waals surface area contributed by atoms with Crippen LogP contribution < -0.4 is 74.5 Å². The molecular weight excluding hydrogens is 1710 g/mol. The van der Waals surface area contributed by atoms with Gasteiger partial charge in [0, 0.05) is 71.8 Å². The first-order valence-corrected chi connectivity index (χ1v) is 37.8. The summed E-state index contributed by atoms with van der Waals surface area (Å²) in [5.74, 6) is 3.40. The van der Waals surface area contributed by atoms with Crippen LogP contribution in [0.4, 0.5) is 0 Å². The standard InChI is InChI=1S/4C17H13N5.2C3H6O.4ClHO4.2Fe/c4*1-2-5-13(6-3-1)14-10-12-22(21-14)17-8-4-7-15(19-17)16-9-11-18-20-16;2*1-3(2)4;4*2-1(3,4)5;;/h4*1-12H,(H,18,20);2*1-2H3;4*(H,2,3,4,5);;/q;;;;;;;;;;2*+2/p-4. The number of nitrogens with zero attached hydrogens (tertiary/aromatic N) is 16. The predicted molar refractivity (Wildman–Crippen MR) is 370 cm³/mol. The van der Waals surface area contributed by atoms with Gasteiger partial charge in [-0.1, -0.05) is 146 Å². The summed E-state index contributed by atoms with van der Waals surface area (Å²) in [5, 5.41) is 46.2. The van der Waals surface area contributed by atoms with E-state index in [2.05, 4.69) is 81.1 Å². The first-order valence-electron chi connectivity index (χ1n) is 32.8. The molecule has 4 N–H and O–H groups in total. The summed E-state index contributed by atoms with van der Waals surface area (Å²) in [4.78, 5) is 37.3. The normalized spacial score (nSPS) is 10.5. The number of hydrogen-bond acceptors (Lipinski definition) is 30. The summed E-state index contributed by atoms with van der Waals surface area (Å²) in [5.41, 5.74) is 14.6. The van der Waals surface area contributed by atoms with E-state index in [1.54, 1.807) is 43.5 Å². The summed E-state index contributed by atoms with van der Waals surface area (Å²) in [6, 6.07) is 79.1. The first-order chi connectivity index (χ1) is 55.1. The molecule has 0 radical (unpaired) electrons. The van der Waals surface area contributed by atoms with Gasteiger partial charge in [0.15, 0.2) is 23.3 Å². The quantitative estimate of drug-likeness (QED) is 0.0837. The van der Waals surface area contributed by atoms with Crippen LogP contribution in [0.15, 0.2) is 292 Å². The maximum Gasteiger partial charge on any atom is 2.00 e. The minimum atomic E-state index is -4.94. The Balaban J connectivity index is 0.000000251. The number of rotatable bonds is 12. The molecule has 0 unspecified atom stereocenters. The number of aromatic nitrogens is 20. The van der Waals surface area contributed by atoms with Crippen molar-refractivity contribution in [3.63, 3.8) is 0 Å². The Kier molecular flexibility index (Phi) is 39.3. The van der Waals surface area contributed by atoms with Crippen LogP contribution in [0.5, 0.6) is 0 Å². The summed E-state index contributed by atoms with van der Waals surface area (Å²) >= 11 is 0. The van der Waals surface area contributed by atoms with Crippen molar-refractivity contribution < 1.29 is 159 Å². The van der Waals surface area contributed by atoms with Gasteiger partial charge in [-0.25, -0.2) is 113 Å². The van der Waals surface area contributed by atoms with Crippen molar-refractivity contribution in [1.29, 1.82) is 0 Å². The number of carbonyl (C=O) groups excluding carboxylic acids is 2. The number of pyridine rings is 4. The molecule has 0 fully saturated rings. The minimum absolute atomic E-state index is 0. The number of Topliss-reactive ketones (excluding diaryl/α,β-unsaturated/α-hetero) is 2. The molecular formula is C74H64Cl4Fe2N20O18. The van der Waals surface area contributed by atoms with Crippen molar-refractivity contribution in [3.05, 3.63) is 292 Å². The van der Waals surface area contributed by atoms with Gasteiger partial charge in [0.25, 0.3) is 0 Å². The molecule has 4 aromatic carbocycles. The second kappa shape index (κ2) is 47.9. The molecule has 16 rings (SSSR count). The molecule has 38 nitrogen and oxygen atoms in total. The third-order valence-corrected chi connectivity index (χ3v) is 13.6. The first kappa shape index (κ1) is 96.6. The van der Waals surface area contributed by atoms with Gasteiger partial charge in [-0.2, -0.15) is 40.8 Å². The van der Waals surface area contributed by atoms with E-state index in [1.165, 1.54) is 27.7 Å². The van der Waals surface area contributed by atoms with E-state index >= 15 is 0 Å². The van der Waals surface area contributed by atoms with Crippen LogP contribution >= 0.6 is 0 Å². The van der Waals surface area contributed by atoms with Gasteiger partial charge in [-0.05, 0) is 125 Å². The molecule has 0 bridgehead atoms. The van der Waals surface area contributed by atoms with E-state index in [1.807, 2.05) is 267 Å². The number of aromatic amines is 4. The number of H-pyrrole nitrogens is 4. The van der Waals surface area contributed by atoms with Gasteiger partial charge in [0.05, 0.1) is 45.6 Å². The van der Waals surface area contributed by atoms with Gasteiger partial charge in [0.2, 0.25) is 0 Å². The molecule has 0 saturated heterocycles. The van der Waals surface area contributed by atoms with Gasteiger partial charge in [0.1, 0.15) is 34.3 Å². The van der Waals surface area contributed by atoms with Crippen molar-refractivity contribution in [1.82, 2.24) is 99.8 Å². The largest absolute Gasteiger partial charge is 2.00 e. The monoisotopic (exact) mass is 1770 g/mol. The molecule has 0 aliphatic rings. The van der Waals surface area contributed by atoms with Crippen LogP contribution in [0.25, 0.3) is 114 Å². The molecule has 16 aromatic rings. The van der Waals surface area contributed by atoms with Crippen LogP contribution in [-0.4, -0.2) is 111 Å². The molecule has 118 heavy (non-hydrogen) atoms. The minimum Gasteiger partial charge on any atom is -0.300 e. The molecule has 0 atom stereocenters. The molecule has 12 aromatic heterocycles. The fraction of sp³-hybridized carbons (Fsp3) is 0.0541. The third kappa shape index (κ3) is 37.3. The third-order valence-electron chi connectivity index (χ3n) is 13.6. The number of hydrogen-bond donors (Lipinski definition) is 4. The maximum absolute atomic E-state index is 9.44. The van der Waals surface area contributed by atoms with Crippen molar-refractivity contribution in [2.45, 2.75) is 27.7 Å². The van der Waals surface area contributed by atoms with Crippen molar-refractivity contribution in [2.24, 2.45) is 0 Å². The van der Waals surface area contributed by atoms with Crippen molar-refractivity contribution in [2.75, 3.05) is 0 Å². The molecule has 12 heterocycles. The molecule has 612 valence electrons. The van der Waals surface area contributed by atoms with E-state index in [0.29, 0.717) is 0 Å². The Labute approximate surface area is 699 Å². The Morgan fingerprint density at radius 2 is 0.407 bits per heavy atom. The van der Waals surface area contributed by atoms with Gasteiger partial charge in [-0.3, -0.25) is 20.4 Å². The summed E-state index contributed by atoms with van der Waals surface area (Å²) < 4.78 is 143. The van der Waals surface area contributed by atoms with Gasteiger partial charge >= 0.3 is 34.1 Å². The van der Waals surface area contributed by atoms with Crippen molar-refractivity contribution in [3.8, 4) is 114 Å². The van der Waals surface area contributed by atoms with Crippen LogP contribution in [0, 0.1) is 41.0 Å². The number of benzene rings is 4. The molecule has 0 aliphatic heterocycles. The van der Waals surface area contributed by atoms with Crippen LogP contribution in [0.3, 0.4) is 0 Å². The van der Waals surface area contributed by atoms with Crippen molar-refractivity contribution >= 4 is 11.6 Å². The SMILES string of the molecule is CC(C)=O.CC(C)=O.[Fe+2].[Fe+2].[O-][Cl+3]([O-])([O-])[O-].[O-][Cl+3]([O-])([O-])[O-].[O-][Cl+3]([O-])([O-])[O-].[O-][Cl+3]([O-])([O-])[O-].c1ccc(-c2ccn(-c3cccc(-c4cc[nH]n4)n3)n2)cc1.c1ccc(-c2ccn(-c3cccc(-c4cc[nH]n4)n3)n2)cc1.c1ccc(-c2ccn(-c3cccc(-c4cc[nH]n4)n3)n2)cc1.c1ccc(-c2ccn(-c3cccc(-c4cc[nH]n4)n3)n2)cc1. The van der Waals surface area contributed by atoms with Gasteiger partial charge < -0.3 is 9.59 Å². The van der Waals surface area contributed by atoms with E-state index in [-0.39, 0.29) is 45.7 Å². The second-order valence-electron chi connectivity index (χ2n) is 22.7. The van der Waals surface area contributed by atoms with Crippen LogP contribution in [0.2, 0.25) is 0 Å². The molecule has 44 heteroatoms. The van der Waals surface area contributed by atoms with E-state index in [0.717, 1.165) is 114 Å². The van der Waals surface area contributed by atoms with Gasteiger partial charge in [-0.15, -0.1) is 41.0 Å². The predicted octanol–water partition coefficient (Wildman–Crippen LogP) is -4.54. The number of carbonyl (C=O) groups is 2. The zero-order valence-electron chi connectivity index (χ0n) is 61.4. The Morgan fingerprint density at radius 3 is 0.559 bits per heavy atom. The van der Waals surface area contributed by atoms with E-state index < -0.39 is 41.0 Å². The summed E-state index contributed by atoms with van der Waals surface area (Å²) in [6.07, 6.45) is 14.8. The number of halogens is 4. The maximum atomic E-state index is 9.44. The summed E-state index contributed by atoms with van der Waals surface area (Å²) in [7, 11) is -19.8. The molecule has 0 spiro atoms. The smallest absolute Gasteiger partial charge is 0.300 e. The average molecular weight is 1770 g/mol. The zero-order valence-corrected chi connectivity index (χ0v) is 66.7. The molecule has 0 saturated carbocycles. The Morgan fingerprint density at radius 1 is 0.237 bits per heavy atom.